The largest absolute Gasteiger partial charge is 0.381 e. The van der Waals surface area contributed by atoms with Gasteiger partial charge in [-0.3, -0.25) is 4.90 Å². The van der Waals surface area contributed by atoms with Gasteiger partial charge in [0, 0.05) is 37.9 Å². The quantitative estimate of drug-likeness (QED) is 0.839. The zero-order chi connectivity index (χ0) is 14.5. The van der Waals surface area contributed by atoms with E-state index in [1.54, 1.807) is 0 Å². The molecule has 2 fully saturated rings. The molecule has 118 valence electrons. The highest BCUT2D eigenvalue weighted by molar-refractivity contribution is 4.92. The second-order valence-corrected chi connectivity index (χ2v) is 6.88. The molecule has 0 radical (unpaired) electrons. The Kier molecular flexibility index (Phi) is 6.31. The standard InChI is InChI=1S/C17H34N2O/c1-5-9-18-17-6-10-19(14(3)13(17)2)15(4)16-7-11-20-12-8-16/h13-18H,5-12H2,1-4H3. The van der Waals surface area contributed by atoms with Gasteiger partial charge in [0.2, 0.25) is 0 Å². The van der Waals surface area contributed by atoms with Gasteiger partial charge < -0.3 is 10.1 Å². The molecule has 2 heterocycles. The zero-order valence-electron chi connectivity index (χ0n) is 13.9. The number of ether oxygens (including phenoxy) is 1. The number of piperidine rings is 1. The molecule has 2 saturated heterocycles. The first-order valence-electron chi connectivity index (χ1n) is 8.72. The molecule has 0 aliphatic carbocycles. The van der Waals surface area contributed by atoms with Gasteiger partial charge in [-0.2, -0.15) is 0 Å². The maximum atomic E-state index is 5.52. The molecule has 0 bridgehead atoms. The van der Waals surface area contributed by atoms with Crippen molar-refractivity contribution in [1.82, 2.24) is 10.2 Å². The first-order chi connectivity index (χ1) is 9.65. The number of nitrogens with zero attached hydrogens (tertiary/aromatic N) is 1. The van der Waals surface area contributed by atoms with Crippen molar-refractivity contribution in [1.29, 1.82) is 0 Å². The van der Waals surface area contributed by atoms with Crippen molar-refractivity contribution in [2.75, 3.05) is 26.3 Å². The first-order valence-corrected chi connectivity index (χ1v) is 8.72. The lowest BCUT2D eigenvalue weighted by molar-refractivity contribution is -0.00876. The third-order valence-electron chi connectivity index (χ3n) is 5.74. The Morgan fingerprint density at radius 2 is 1.90 bits per heavy atom. The fourth-order valence-corrected chi connectivity index (χ4v) is 4.05. The fourth-order valence-electron chi connectivity index (χ4n) is 4.05. The Hall–Kier alpha value is -0.120. The topological polar surface area (TPSA) is 24.5 Å². The van der Waals surface area contributed by atoms with E-state index in [0.29, 0.717) is 18.1 Å². The summed E-state index contributed by atoms with van der Waals surface area (Å²) in [6.07, 6.45) is 5.03. The van der Waals surface area contributed by atoms with Crippen LogP contribution in [0.25, 0.3) is 0 Å². The number of likely N-dealkylation sites (tertiary alicyclic amines) is 1. The van der Waals surface area contributed by atoms with Gasteiger partial charge in [0.15, 0.2) is 0 Å². The molecule has 3 heteroatoms. The van der Waals surface area contributed by atoms with E-state index in [1.807, 2.05) is 0 Å². The van der Waals surface area contributed by atoms with Crippen molar-refractivity contribution < 1.29 is 4.74 Å². The van der Waals surface area contributed by atoms with E-state index in [-0.39, 0.29) is 0 Å². The summed E-state index contributed by atoms with van der Waals surface area (Å²) in [5.41, 5.74) is 0. The van der Waals surface area contributed by atoms with Crippen LogP contribution in [0.15, 0.2) is 0 Å². The van der Waals surface area contributed by atoms with Gasteiger partial charge in [-0.05, 0) is 57.9 Å². The average molecular weight is 282 g/mol. The summed E-state index contributed by atoms with van der Waals surface area (Å²) in [7, 11) is 0. The summed E-state index contributed by atoms with van der Waals surface area (Å²) < 4.78 is 5.52. The molecule has 4 unspecified atom stereocenters. The third-order valence-corrected chi connectivity index (χ3v) is 5.74. The van der Waals surface area contributed by atoms with Crippen LogP contribution in [0.3, 0.4) is 0 Å². The first kappa shape index (κ1) is 16.3. The molecule has 0 aromatic rings. The lowest BCUT2D eigenvalue weighted by atomic mass is 9.83. The number of hydrogen-bond acceptors (Lipinski definition) is 3. The van der Waals surface area contributed by atoms with Crippen molar-refractivity contribution in [3.8, 4) is 0 Å². The molecule has 0 spiro atoms. The maximum absolute atomic E-state index is 5.52. The van der Waals surface area contributed by atoms with E-state index in [1.165, 1.54) is 32.2 Å². The van der Waals surface area contributed by atoms with Gasteiger partial charge in [0.25, 0.3) is 0 Å². The van der Waals surface area contributed by atoms with Gasteiger partial charge in [-0.15, -0.1) is 0 Å². The fraction of sp³-hybridized carbons (Fsp3) is 1.00. The summed E-state index contributed by atoms with van der Waals surface area (Å²) in [5, 5.41) is 3.74. The third kappa shape index (κ3) is 3.75. The minimum absolute atomic E-state index is 0.691. The Labute approximate surface area is 125 Å². The highest BCUT2D eigenvalue weighted by atomic mass is 16.5. The van der Waals surface area contributed by atoms with Crippen molar-refractivity contribution in [2.24, 2.45) is 11.8 Å². The Morgan fingerprint density at radius 1 is 1.20 bits per heavy atom. The van der Waals surface area contributed by atoms with E-state index < -0.39 is 0 Å². The Morgan fingerprint density at radius 3 is 2.55 bits per heavy atom. The van der Waals surface area contributed by atoms with Gasteiger partial charge in [0.05, 0.1) is 0 Å². The summed E-state index contributed by atoms with van der Waals surface area (Å²) in [4.78, 5) is 2.77. The molecule has 0 saturated carbocycles. The predicted octanol–water partition coefficient (Wildman–Crippen LogP) is 2.90. The summed E-state index contributed by atoms with van der Waals surface area (Å²) in [6.45, 7) is 13.9. The lowest BCUT2D eigenvalue weighted by Crippen LogP contribution is -2.57. The molecule has 20 heavy (non-hydrogen) atoms. The van der Waals surface area contributed by atoms with Crippen molar-refractivity contribution in [3.63, 3.8) is 0 Å². The van der Waals surface area contributed by atoms with Gasteiger partial charge in [-0.25, -0.2) is 0 Å². The molecular weight excluding hydrogens is 248 g/mol. The van der Waals surface area contributed by atoms with Crippen LogP contribution in [-0.2, 0) is 4.74 Å². The van der Waals surface area contributed by atoms with Crippen LogP contribution in [-0.4, -0.2) is 49.3 Å². The molecule has 0 amide bonds. The number of nitrogens with one attached hydrogen (secondary N) is 1. The average Bonchev–Trinajstić information content (AvgIpc) is 2.49. The highest BCUT2D eigenvalue weighted by Gasteiger charge is 2.36. The summed E-state index contributed by atoms with van der Waals surface area (Å²) in [5.74, 6) is 1.58. The van der Waals surface area contributed by atoms with Crippen LogP contribution < -0.4 is 5.32 Å². The van der Waals surface area contributed by atoms with Gasteiger partial charge >= 0.3 is 0 Å². The van der Waals surface area contributed by atoms with E-state index in [0.717, 1.165) is 31.6 Å². The van der Waals surface area contributed by atoms with Crippen LogP contribution in [0.1, 0.15) is 53.4 Å². The monoisotopic (exact) mass is 282 g/mol. The minimum atomic E-state index is 0.691. The summed E-state index contributed by atoms with van der Waals surface area (Å²) in [6, 6.07) is 2.11. The van der Waals surface area contributed by atoms with Crippen LogP contribution >= 0.6 is 0 Å². The smallest absolute Gasteiger partial charge is 0.0469 e. The maximum Gasteiger partial charge on any atom is 0.0469 e. The second-order valence-electron chi connectivity index (χ2n) is 6.88. The molecular formula is C17H34N2O. The van der Waals surface area contributed by atoms with Crippen LogP contribution in [0.5, 0.6) is 0 Å². The van der Waals surface area contributed by atoms with Crippen molar-refractivity contribution in [2.45, 2.75) is 71.5 Å². The molecule has 0 aromatic heterocycles. The number of rotatable bonds is 5. The Balaban J connectivity index is 1.90. The number of hydrogen-bond donors (Lipinski definition) is 1. The van der Waals surface area contributed by atoms with Crippen LogP contribution in [0.2, 0.25) is 0 Å². The molecule has 2 aliphatic rings. The van der Waals surface area contributed by atoms with Crippen molar-refractivity contribution >= 4 is 0 Å². The highest BCUT2D eigenvalue weighted by Crippen LogP contribution is 2.30. The molecule has 0 aromatic carbocycles. The normalized spacial score (nSPS) is 35.1. The summed E-state index contributed by atoms with van der Waals surface area (Å²) >= 11 is 0. The van der Waals surface area contributed by atoms with E-state index in [9.17, 15) is 0 Å². The molecule has 3 nitrogen and oxygen atoms in total. The van der Waals surface area contributed by atoms with Gasteiger partial charge in [0.1, 0.15) is 0 Å². The van der Waals surface area contributed by atoms with Crippen LogP contribution in [0, 0.1) is 11.8 Å². The van der Waals surface area contributed by atoms with Crippen LogP contribution in [0.4, 0.5) is 0 Å². The van der Waals surface area contributed by atoms with Gasteiger partial charge in [-0.1, -0.05) is 13.8 Å². The zero-order valence-corrected chi connectivity index (χ0v) is 13.9. The SMILES string of the molecule is CCCNC1CCN(C(C)C2CCOCC2)C(C)C1C. The van der Waals surface area contributed by atoms with E-state index in [4.69, 9.17) is 4.74 Å². The lowest BCUT2D eigenvalue weighted by Gasteiger charge is -2.48. The predicted molar refractivity (Wildman–Crippen MR) is 85.0 cm³/mol. The second kappa shape index (κ2) is 7.77. The molecule has 1 N–H and O–H groups in total. The van der Waals surface area contributed by atoms with E-state index in [2.05, 4.69) is 37.9 Å². The van der Waals surface area contributed by atoms with E-state index >= 15 is 0 Å². The Bertz CT molecular complexity index is 278. The minimum Gasteiger partial charge on any atom is -0.381 e. The van der Waals surface area contributed by atoms with Crippen molar-refractivity contribution in [3.05, 3.63) is 0 Å². The molecule has 4 atom stereocenters. The molecule has 2 rings (SSSR count). The molecule has 2 aliphatic heterocycles.